The van der Waals surface area contributed by atoms with Crippen LogP contribution in [0.3, 0.4) is 0 Å². The Morgan fingerprint density at radius 1 is 1.28 bits per heavy atom. The lowest BCUT2D eigenvalue weighted by atomic mass is 10.1. The Bertz CT molecular complexity index is 723. The number of imidazole rings is 1. The zero-order valence-electron chi connectivity index (χ0n) is 15.1. The smallest absolute Gasteiger partial charge is 0.321 e. The molecule has 7 heteroatoms. The molecular weight excluding hydrogens is 318 g/mol. The Labute approximate surface area is 148 Å². The van der Waals surface area contributed by atoms with Gasteiger partial charge in [-0.15, -0.1) is 0 Å². The number of nitrogens with zero attached hydrogens (tertiary/aromatic N) is 3. The largest absolute Gasteiger partial charge is 0.359 e. The van der Waals surface area contributed by atoms with Gasteiger partial charge in [-0.05, 0) is 24.6 Å². The summed E-state index contributed by atoms with van der Waals surface area (Å²) in [7, 11) is 3.26. The van der Waals surface area contributed by atoms with Crippen LogP contribution in [0.15, 0.2) is 36.7 Å². The predicted octanol–water partition coefficient (Wildman–Crippen LogP) is 2.09. The second kappa shape index (κ2) is 8.32. The Balaban J connectivity index is 1.90. The number of aryl methyl sites for hydroxylation is 1. The second-order valence-electron chi connectivity index (χ2n) is 6.13. The van der Waals surface area contributed by atoms with Gasteiger partial charge in [0.05, 0.1) is 5.92 Å². The molecule has 0 aliphatic carbocycles. The Morgan fingerprint density at radius 2 is 1.96 bits per heavy atom. The number of carbonyl (C=O) groups excluding carboxylic acids is 2. The summed E-state index contributed by atoms with van der Waals surface area (Å²) in [5.74, 6) is 0.615. The highest BCUT2D eigenvalue weighted by Gasteiger charge is 2.17. The molecule has 2 rings (SSSR count). The van der Waals surface area contributed by atoms with E-state index in [1.807, 2.05) is 37.4 Å². The summed E-state index contributed by atoms with van der Waals surface area (Å²) >= 11 is 0. The van der Waals surface area contributed by atoms with Crippen LogP contribution < -0.4 is 10.6 Å². The van der Waals surface area contributed by atoms with E-state index in [9.17, 15) is 9.59 Å². The highest BCUT2D eigenvalue weighted by Crippen LogP contribution is 2.12. The van der Waals surface area contributed by atoms with E-state index >= 15 is 0 Å². The molecule has 7 nitrogen and oxygen atoms in total. The quantitative estimate of drug-likeness (QED) is 0.843. The van der Waals surface area contributed by atoms with Crippen molar-refractivity contribution >= 4 is 17.6 Å². The molecule has 0 fully saturated rings. The van der Waals surface area contributed by atoms with Crippen LogP contribution in [-0.4, -0.2) is 47.0 Å². The summed E-state index contributed by atoms with van der Waals surface area (Å²) < 4.78 is 2.06. The van der Waals surface area contributed by atoms with E-state index in [1.165, 1.54) is 4.90 Å². The second-order valence-corrected chi connectivity index (χ2v) is 6.13. The first kappa shape index (κ1) is 18.5. The van der Waals surface area contributed by atoms with E-state index in [-0.39, 0.29) is 17.9 Å². The molecule has 0 saturated heterocycles. The Hall–Kier alpha value is -2.83. The molecule has 1 atom stereocenters. The fraction of sp³-hybridized carbons (Fsp3) is 0.389. The van der Waals surface area contributed by atoms with Crippen molar-refractivity contribution in [3.63, 3.8) is 0 Å². The first-order valence-corrected chi connectivity index (χ1v) is 8.21. The van der Waals surface area contributed by atoms with E-state index in [0.29, 0.717) is 6.54 Å². The van der Waals surface area contributed by atoms with Crippen LogP contribution in [0.1, 0.15) is 18.3 Å². The third-order valence-corrected chi connectivity index (χ3v) is 4.07. The number of aromatic nitrogens is 2. The Kier molecular flexibility index (Phi) is 6.16. The lowest BCUT2D eigenvalue weighted by molar-refractivity contribution is -0.124. The van der Waals surface area contributed by atoms with Crippen molar-refractivity contribution in [2.45, 2.75) is 20.4 Å². The fourth-order valence-corrected chi connectivity index (χ4v) is 2.50. The molecule has 0 aliphatic heterocycles. The topological polar surface area (TPSA) is 79.3 Å². The molecule has 1 unspecified atom stereocenters. The lowest BCUT2D eigenvalue weighted by Gasteiger charge is -2.21. The third-order valence-electron chi connectivity index (χ3n) is 4.07. The molecule has 0 bridgehead atoms. The number of rotatable bonds is 6. The highest BCUT2D eigenvalue weighted by molar-refractivity contribution is 5.89. The molecule has 2 N–H and O–H groups in total. The number of carbonyl (C=O) groups is 2. The summed E-state index contributed by atoms with van der Waals surface area (Å²) in [6.45, 7) is 4.84. The van der Waals surface area contributed by atoms with Gasteiger partial charge < -0.3 is 20.1 Å². The van der Waals surface area contributed by atoms with Gasteiger partial charge in [-0.25, -0.2) is 9.78 Å². The van der Waals surface area contributed by atoms with Gasteiger partial charge in [0.15, 0.2) is 0 Å². The van der Waals surface area contributed by atoms with Crippen LogP contribution in [0, 0.1) is 12.8 Å². The third kappa shape index (κ3) is 5.07. The maximum atomic E-state index is 12.2. The summed E-state index contributed by atoms with van der Waals surface area (Å²) in [4.78, 5) is 29.5. The molecular formula is C18H25N5O2. The molecule has 0 radical (unpaired) electrons. The summed E-state index contributed by atoms with van der Waals surface area (Å²) in [5.41, 5.74) is 1.84. The normalized spacial score (nSPS) is 11.7. The zero-order valence-corrected chi connectivity index (χ0v) is 15.1. The number of urea groups is 1. The molecule has 0 saturated carbocycles. The molecule has 0 spiro atoms. The minimum absolute atomic E-state index is 0.0844. The standard InChI is InChI=1S/C18H25N5O2/c1-13(17(24)19-3)11-22(4)18(25)21-16-7-5-15(6-8-16)12-23-10-9-20-14(23)2/h5-10,13H,11-12H2,1-4H3,(H,19,24)(H,21,25). The summed E-state index contributed by atoms with van der Waals surface area (Å²) in [6, 6.07) is 7.45. The molecule has 3 amide bonds. The number of benzene rings is 1. The van der Waals surface area contributed by atoms with Gasteiger partial charge in [-0.2, -0.15) is 0 Å². The fourth-order valence-electron chi connectivity index (χ4n) is 2.50. The lowest BCUT2D eigenvalue weighted by Crippen LogP contribution is -2.39. The molecule has 1 aromatic heterocycles. The van der Waals surface area contributed by atoms with Crippen LogP contribution in [0.2, 0.25) is 0 Å². The minimum Gasteiger partial charge on any atom is -0.359 e. The molecule has 134 valence electrons. The van der Waals surface area contributed by atoms with Gasteiger partial charge in [0, 0.05) is 45.3 Å². The summed E-state index contributed by atoms with van der Waals surface area (Å²) in [5, 5.41) is 5.42. The van der Waals surface area contributed by atoms with Crippen LogP contribution in [0.5, 0.6) is 0 Å². The monoisotopic (exact) mass is 343 g/mol. The zero-order chi connectivity index (χ0) is 18.4. The van der Waals surface area contributed by atoms with Crippen molar-refractivity contribution in [3.05, 3.63) is 48.0 Å². The number of anilines is 1. The van der Waals surface area contributed by atoms with E-state index in [4.69, 9.17) is 0 Å². The average Bonchev–Trinajstić information content (AvgIpc) is 3.00. The Morgan fingerprint density at radius 3 is 2.52 bits per heavy atom. The first-order valence-electron chi connectivity index (χ1n) is 8.21. The maximum Gasteiger partial charge on any atom is 0.321 e. The molecule has 1 aromatic carbocycles. The van der Waals surface area contributed by atoms with Gasteiger partial charge in [0.25, 0.3) is 0 Å². The van der Waals surface area contributed by atoms with Crippen LogP contribution in [0.25, 0.3) is 0 Å². The number of amides is 3. The van der Waals surface area contributed by atoms with Crippen LogP contribution in [-0.2, 0) is 11.3 Å². The number of hydrogen-bond donors (Lipinski definition) is 2. The minimum atomic E-state index is -0.262. The van der Waals surface area contributed by atoms with Gasteiger partial charge in [0.2, 0.25) is 5.91 Å². The van der Waals surface area contributed by atoms with Gasteiger partial charge in [-0.1, -0.05) is 19.1 Å². The van der Waals surface area contributed by atoms with Gasteiger partial charge in [0.1, 0.15) is 5.82 Å². The van der Waals surface area contributed by atoms with Crippen molar-refractivity contribution in [1.29, 1.82) is 0 Å². The van der Waals surface area contributed by atoms with E-state index in [0.717, 1.165) is 23.6 Å². The van der Waals surface area contributed by atoms with Crippen molar-refractivity contribution < 1.29 is 9.59 Å². The summed E-state index contributed by atoms with van der Waals surface area (Å²) in [6.07, 6.45) is 3.72. The first-order chi connectivity index (χ1) is 11.9. The van der Waals surface area contributed by atoms with Crippen molar-refractivity contribution in [2.75, 3.05) is 26.0 Å². The van der Waals surface area contributed by atoms with Crippen LogP contribution >= 0.6 is 0 Å². The maximum absolute atomic E-state index is 12.2. The van der Waals surface area contributed by atoms with Crippen LogP contribution in [0.4, 0.5) is 10.5 Å². The van der Waals surface area contributed by atoms with E-state index in [1.54, 1.807) is 27.2 Å². The molecule has 1 heterocycles. The van der Waals surface area contributed by atoms with Gasteiger partial charge in [-0.3, -0.25) is 4.79 Å². The van der Waals surface area contributed by atoms with E-state index < -0.39 is 0 Å². The van der Waals surface area contributed by atoms with E-state index in [2.05, 4.69) is 20.2 Å². The number of hydrogen-bond acceptors (Lipinski definition) is 3. The highest BCUT2D eigenvalue weighted by atomic mass is 16.2. The van der Waals surface area contributed by atoms with Crippen molar-refractivity contribution in [2.24, 2.45) is 5.92 Å². The average molecular weight is 343 g/mol. The van der Waals surface area contributed by atoms with Crippen molar-refractivity contribution in [3.8, 4) is 0 Å². The van der Waals surface area contributed by atoms with Crippen molar-refractivity contribution in [1.82, 2.24) is 19.8 Å². The predicted molar refractivity (Wildman–Crippen MR) is 97.4 cm³/mol. The molecule has 2 aromatic rings. The van der Waals surface area contributed by atoms with Gasteiger partial charge >= 0.3 is 6.03 Å². The number of nitrogens with one attached hydrogen (secondary N) is 2. The SMILES string of the molecule is CNC(=O)C(C)CN(C)C(=O)Nc1ccc(Cn2ccnc2C)cc1. The molecule has 25 heavy (non-hydrogen) atoms. The molecule has 0 aliphatic rings.